The van der Waals surface area contributed by atoms with E-state index in [1.807, 2.05) is 18.2 Å². The van der Waals surface area contributed by atoms with Gasteiger partial charge in [-0.25, -0.2) is 4.79 Å². The number of benzene rings is 2. The smallest absolute Gasteiger partial charge is 0.379 e. The summed E-state index contributed by atoms with van der Waals surface area (Å²) in [4.78, 5) is 23.4. The van der Waals surface area contributed by atoms with Crippen LogP contribution >= 0.6 is 0 Å². The zero-order valence-electron chi connectivity index (χ0n) is 11.3. The maximum atomic E-state index is 12.1. The first-order chi connectivity index (χ1) is 10.1. The van der Waals surface area contributed by atoms with Gasteiger partial charge in [0, 0.05) is 10.9 Å². The summed E-state index contributed by atoms with van der Waals surface area (Å²) in [5.41, 5.74) is 1.12. The highest BCUT2D eigenvalue weighted by molar-refractivity contribution is 5.96. The molecule has 4 heteroatoms. The number of fused-ring (bicyclic) bond motifs is 1. The highest BCUT2D eigenvalue weighted by atomic mass is 16.5. The molecule has 0 atom stereocenters. The second-order valence-electron chi connectivity index (χ2n) is 4.62. The SMILES string of the molecule is CC(=O)c1cccc(OC(=O)c2cc3ccccc3o2)c1. The number of furan rings is 1. The van der Waals surface area contributed by atoms with Crippen LogP contribution in [0.25, 0.3) is 11.0 Å². The van der Waals surface area contributed by atoms with E-state index in [1.54, 1.807) is 30.3 Å². The quantitative estimate of drug-likeness (QED) is 0.415. The van der Waals surface area contributed by atoms with Gasteiger partial charge in [0.2, 0.25) is 5.76 Å². The van der Waals surface area contributed by atoms with Crippen molar-refractivity contribution in [2.24, 2.45) is 0 Å². The van der Waals surface area contributed by atoms with Crippen LogP contribution in [0, 0.1) is 0 Å². The molecule has 3 aromatic rings. The molecule has 0 spiro atoms. The van der Waals surface area contributed by atoms with E-state index in [4.69, 9.17) is 9.15 Å². The predicted octanol–water partition coefficient (Wildman–Crippen LogP) is 3.85. The summed E-state index contributed by atoms with van der Waals surface area (Å²) in [6.07, 6.45) is 0. The number of Topliss-reactive ketones (excluding diaryl/α,β-unsaturated/α-hetero) is 1. The van der Waals surface area contributed by atoms with Crippen LogP contribution in [-0.2, 0) is 0 Å². The third-order valence-corrected chi connectivity index (χ3v) is 3.08. The first-order valence-electron chi connectivity index (χ1n) is 6.45. The van der Waals surface area contributed by atoms with Crippen molar-refractivity contribution in [1.29, 1.82) is 0 Å². The molecule has 0 aliphatic heterocycles. The molecule has 0 bridgehead atoms. The fourth-order valence-corrected chi connectivity index (χ4v) is 2.02. The van der Waals surface area contributed by atoms with E-state index in [2.05, 4.69) is 0 Å². The second-order valence-corrected chi connectivity index (χ2v) is 4.62. The highest BCUT2D eigenvalue weighted by Gasteiger charge is 2.15. The molecule has 0 radical (unpaired) electrons. The van der Waals surface area contributed by atoms with Crippen LogP contribution in [0.4, 0.5) is 0 Å². The minimum absolute atomic E-state index is 0.0864. The highest BCUT2D eigenvalue weighted by Crippen LogP contribution is 2.21. The molecule has 104 valence electrons. The monoisotopic (exact) mass is 280 g/mol. The molecule has 0 saturated heterocycles. The molecule has 0 amide bonds. The number of rotatable bonds is 3. The molecule has 0 aliphatic carbocycles. The minimum Gasteiger partial charge on any atom is -0.449 e. The maximum Gasteiger partial charge on any atom is 0.379 e. The van der Waals surface area contributed by atoms with Crippen LogP contribution < -0.4 is 4.74 Å². The van der Waals surface area contributed by atoms with E-state index in [0.29, 0.717) is 16.9 Å². The Balaban J connectivity index is 1.85. The Morgan fingerprint density at radius 3 is 2.57 bits per heavy atom. The van der Waals surface area contributed by atoms with Crippen LogP contribution in [0.3, 0.4) is 0 Å². The van der Waals surface area contributed by atoms with Crippen LogP contribution in [0.2, 0.25) is 0 Å². The summed E-state index contributed by atoms with van der Waals surface area (Å²) in [5, 5.41) is 0.835. The van der Waals surface area contributed by atoms with Gasteiger partial charge < -0.3 is 9.15 Å². The summed E-state index contributed by atoms with van der Waals surface area (Å²) in [7, 11) is 0. The molecule has 0 fully saturated rings. The lowest BCUT2D eigenvalue weighted by molar-refractivity contribution is 0.0703. The van der Waals surface area contributed by atoms with Crippen molar-refractivity contribution in [3.63, 3.8) is 0 Å². The summed E-state index contributed by atoms with van der Waals surface area (Å²) in [6, 6.07) is 15.4. The van der Waals surface area contributed by atoms with Gasteiger partial charge in [-0.05, 0) is 31.2 Å². The molecular formula is C17H12O4. The van der Waals surface area contributed by atoms with E-state index in [9.17, 15) is 9.59 Å². The molecule has 0 aliphatic rings. The lowest BCUT2D eigenvalue weighted by Gasteiger charge is -2.03. The average molecular weight is 280 g/mol. The topological polar surface area (TPSA) is 56.5 Å². The molecule has 0 unspecified atom stereocenters. The molecule has 4 nitrogen and oxygen atoms in total. The van der Waals surface area contributed by atoms with Crippen LogP contribution in [0.5, 0.6) is 5.75 Å². The van der Waals surface area contributed by atoms with Crippen molar-refractivity contribution >= 4 is 22.7 Å². The van der Waals surface area contributed by atoms with Gasteiger partial charge in [-0.15, -0.1) is 0 Å². The standard InChI is InChI=1S/C17H12O4/c1-11(18)12-6-4-7-14(9-12)20-17(19)16-10-13-5-2-3-8-15(13)21-16/h2-10H,1H3. The third-order valence-electron chi connectivity index (χ3n) is 3.08. The first kappa shape index (κ1) is 13.1. The van der Waals surface area contributed by atoms with Crippen LogP contribution in [0.1, 0.15) is 27.8 Å². The van der Waals surface area contributed by atoms with E-state index < -0.39 is 5.97 Å². The van der Waals surface area contributed by atoms with Crippen molar-refractivity contribution in [1.82, 2.24) is 0 Å². The van der Waals surface area contributed by atoms with Crippen molar-refractivity contribution in [2.75, 3.05) is 0 Å². The Bertz CT molecular complexity index is 796. The van der Waals surface area contributed by atoms with Crippen molar-refractivity contribution < 1.29 is 18.7 Å². The Morgan fingerprint density at radius 2 is 1.81 bits per heavy atom. The molecule has 3 rings (SSSR count). The number of hydrogen-bond acceptors (Lipinski definition) is 4. The third kappa shape index (κ3) is 2.69. The molecule has 0 saturated carbocycles. The Kier molecular flexibility index (Phi) is 3.28. The van der Waals surface area contributed by atoms with E-state index in [0.717, 1.165) is 5.39 Å². The molecule has 0 N–H and O–H groups in total. The Labute approximate surface area is 120 Å². The molecule has 21 heavy (non-hydrogen) atoms. The Morgan fingerprint density at radius 1 is 1.00 bits per heavy atom. The summed E-state index contributed by atoms with van der Waals surface area (Å²) < 4.78 is 10.7. The first-order valence-corrected chi connectivity index (χ1v) is 6.45. The van der Waals surface area contributed by atoms with Crippen LogP contribution in [-0.4, -0.2) is 11.8 Å². The van der Waals surface area contributed by atoms with Gasteiger partial charge in [-0.1, -0.05) is 30.3 Å². The van der Waals surface area contributed by atoms with Crippen molar-refractivity contribution in [3.05, 3.63) is 65.9 Å². The molecule has 1 heterocycles. The fourth-order valence-electron chi connectivity index (χ4n) is 2.02. The fraction of sp³-hybridized carbons (Fsp3) is 0.0588. The van der Waals surface area contributed by atoms with E-state index in [1.165, 1.54) is 13.0 Å². The molecule has 2 aromatic carbocycles. The van der Waals surface area contributed by atoms with Crippen LogP contribution in [0.15, 0.2) is 59.0 Å². The lowest BCUT2D eigenvalue weighted by Crippen LogP contribution is -2.07. The van der Waals surface area contributed by atoms with Crippen molar-refractivity contribution in [2.45, 2.75) is 6.92 Å². The maximum absolute atomic E-state index is 12.1. The number of ether oxygens (including phenoxy) is 1. The summed E-state index contributed by atoms with van der Waals surface area (Å²) in [6.45, 7) is 1.46. The largest absolute Gasteiger partial charge is 0.449 e. The zero-order chi connectivity index (χ0) is 14.8. The summed E-state index contributed by atoms with van der Waals surface area (Å²) in [5.74, 6) is -0.235. The number of esters is 1. The number of para-hydroxylation sites is 1. The van der Waals surface area contributed by atoms with Gasteiger partial charge >= 0.3 is 5.97 Å². The summed E-state index contributed by atoms with van der Waals surface area (Å²) >= 11 is 0. The number of hydrogen-bond donors (Lipinski definition) is 0. The van der Waals surface area contributed by atoms with Gasteiger partial charge in [0.1, 0.15) is 11.3 Å². The molecule has 1 aromatic heterocycles. The van der Waals surface area contributed by atoms with Gasteiger partial charge in [-0.2, -0.15) is 0 Å². The number of carbonyl (C=O) groups is 2. The number of carbonyl (C=O) groups excluding carboxylic acids is 2. The average Bonchev–Trinajstić information content (AvgIpc) is 2.91. The normalized spacial score (nSPS) is 10.5. The lowest BCUT2D eigenvalue weighted by atomic mass is 10.1. The zero-order valence-corrected chi connectivity index (χ0v) is 11.3. The number of ketones is 1. The molecular weight excluding hydrogens is 268 g/mol. The van der Waals surface area contributed by atoms with E-state index in [-0.39, 0.29) is 11.5 Å². The predicted molar refractivity (Wildman–Crippen MR) is 77.6 cm³/mol. The van der Waals surface area contributed by atoms with Gasteiger partial charge in [0.25, 0.3) is 0 Å². The van der Waals surface area contributed by atoms with Gasteiger partial charge in [-0.3, -0.25) is 4.79 Å². The van der Waals surface area contributed by atoms with Gasteiger partial charge in [0.15, 0.2) is 5.78 Å². The van der Waals surface area contributed by atoms with Crippen molar-refractivity contribution in [3.8, 4) is 5.75 Å². The van der Waals surface area contributed by atoms with Gasteiger partial charge in [0.05, 0.1) is 0 Å². The Hall–Kier alpha value is -2.88. The second kappa shape index (κ2) is 5.25. The van der Waals surface area contributed by atoms with E-state index >= 15 is 0 Å². The minimum atomic E-state index is -0.591.